The highest BCUT2D eigenvalue weighted by Crippen LogP contribution is 2.35. The van der Waals surface area contributed by atoms with Gasteiger partial charge >= 0.3 is 5.97 Å². The average Bonchev–Trinajstić information content (AvgIpc) is 2.75. The van der Waals surface area contributed by atoms with Gasteiger partial charge in [0.1, 0.15) is 23.0 Å². The molecule has 0 unspecified atom stereocenters. The number of sulfone groups is 1. The number of aryl methyl sites for hydroxylation is 1. The first-order chi connectivity index (χ1) is 14.7. The molecular weight excluding hydrogens is 424 g/mol. The zero-order valence-corrected chi connectivity index (χ0v) is 18.7. The van der Waals surface area contributed by atoms with Gasteiger partial charge in [0, 0.05) is 24.0 Å². The van der Waals surface area contributed by atoms with Crippen LogP contribution < -0.4 is 18.9 Å². The predicted molar refractivity (Wildman–Crippen MR) is 117 cm³/mol. The van der Waals surface area contributed by atoms with Crippen molar-refractivity contribution in [3.8, 4) is 23.0 Å². The summed E-state index contributed by atoms with van der Waals surface area (Å²) in [4.78, 5) is 10.9. The van der Waals surface area contributed by atoms with Crippen molar-refractivity contribution in [1.82, 2.24) is 0 Å². The number of benzene rings is 2. The lowest BCUT2D eigenvalue weighted by molar-refractivity contribution is -0.136. The van der Waals surface area contributed by atoms with Crippen LogP contribution in [0.25, 0.3) is 6.08 Å². The average molecular weight is 451 g/mol. The molecule has 1 N–H and O–H groups in total. The molecule has 0 saturated carbocycles. The number of aliphatic carboxylic acids is 1. The van der Waals surface area contributed by atoms with E-state index in [1.807, 2.05) is 0 Å². The lowest BCUT2D eigenvalue weighted by Gasteiger charge is -2.12. The minimum absolute atomic E-state index is 0.0798. The first-order valence-corrected chi connectivity index (χ1v) is 11.0. The molecule has 2 aromatic rings. The predicted octanol–water partition coefficient (Wildman–Crippen LogP) is 3.32. The molecule has 9 heteroatoms. The van der Waals surface area contributed by atoms with Gasteiger partial charge in [-0.3, -0.25) is 4.79 Å². The van der Waals surface area contributed by atoms with Crippen molar-refractivity contribution in [2.75, 3.05) is 28.4 Å². The number of hydrogen-bond acceptors (Lipinski definition) is 7. The van der Waals surface area contributed by atoms with Crippen LogP contribution in [0.5, 0.6) is 23.0 Å². The maximum Gasteiger partial charge on any atom is 0.303 e. The molecule has 0 bridgehead atoms. The maximum atomic E-state index is 12.7. The summed E-state index contributed by atoms with van der Waals surface area (Å²) < 4.78 is 46.5. The molecule has 0 saturated heterocycles. The first kappa shape index (κ1) is 24.1. The SMILES string of the molecule is COc1cc(OC)c(/C=C/S(=O)(=O)Cc2ccc(OC)c(CCC(=O)O)c2)c(OC)c1. The third-order valence-electron chi connectivity index (χ3n) is 4.52. The van der Waals surface area contributed by atoms with E-state index in [9.17, 15) is 13.2 Å². The molecule has 168 valence electrons. The van der Waals surface area contributed by atoms with E-state index < -0.39 is 15.8 Å². The Labute approximate surface area is 181 Å². The third kappa shape index (κ3) is 6.65. The molecule has 0 aliphatic rings. The fourth-order valence-corrected chi connectivity index (χ4v) is 4.09. The van der Waals surface area contributed by atoms with Crippen LogP contribution in [0.2, 0.25) is 0 Å². The molecule has 0 aromatic heterocycles. The Bertz CT molecular complexity index is 1030. The quantitative estimate of drug-likeness (QED) is 0.555. The van der Waals surface area contributed by atoms with Crippen LogP contribution in [-0.2, 0) is 26.8 Å². The summed E-state index contributed by atoms with van der Waals surface area (Å²) in [6, 6.07) is 8.20. The van der Waals surface area contributed by atoms with Crippen molar-refractivity contribution >= 4 is 21.9 Å². The Morgan fingerprint density at radius 2 is 1.55 bits per heavy atom. The lowest BCUT2D eigenvalue weighted by atomic mass is 10.1. The fourth-order valence-electron chi connectivity index (χ4n) is 3.01. The van der Waals surface area contributed by atoms with E-state index in [1.165, 1.54) is 34.5 Å². The zero-order chi connectivity index (χ0) is 23.0. The van der Waals surface area contributed by atoms with E-state index in [2.05, 4.69) is 0 Å². The molecule has 8 nitrogen and oxygen atoms in total. The van der Waals surface area contributed by atoms with E-state index in [-0.39, 0.29) is 18.6 Å². The number of methoxy groups -OCH3 is 4. The minimum atomic E-state index is -3.65. The normalized spacial score (nSPS) is 11.4. The maximum absolute atomic E-state index is 12.7. The van der Waals surface area contributed by atoms with Crippen LogP contribution in [0, 0.1) is 0 Å². The standard InChI is InChI=1S/C22H26O8S/c1-27-17-12-20(29-3)18(21(13-17)30-4)9-10-31(25,26)14-15-5-7-19(28-2)16(11-15)6-8-22(23)24/h5,7,9-13H,6,8,14H2,1-4H3,(H,23,24)/b10-9+. The van der Waals surface area contributed by atoms with Gasteiger partial charge in [0.15, 0.2) is 9.84 Å². The Morgan fingerprint density at radius 3 is 2.06 bits per heavy atom. The van der Waals surface area contributed by atoms with Crippen LogP contribution in [-0.4, -0.2) is 47.9 Å². The van der Waals surface area contributed by atoms with Crippen molar-refractivity contribution < 1.29 is 37.3 Å². The molecule has 2 aromatic carbocycles. The molecule has 0 aliphatic heterocycles. The topological polar surface area (TPSA) is 108 Å². The van der Waals surface area contributed by atoms with Crippen molar-refractivity contribution in [3.05, 3.63) is 52.4 Å². The number of hydrogen-bond donors (Lipinski definition) is 1. The number of rotatable bonds is 11. The fraction of sp³-hybridized carbons (Fsp3) is 0.318. The van der Waals surface area contributed by atoms with Gasteiger partial charge in [0.2, 0.25) is 0 Å². The smallest absolute Gasteiger partial charge is 0.303 e. The summed E-state index contributed by atoms with van der Waals surface area (Å²) in [5.41, 5.74) is 1.63. The minimum Gasteiger partial charge on any atom is -0.496 e. The van der Waals surface area contributed by atoms with Crippen molar-refractivity contribution in [1.29, 1.82) is 0 Å². The monoisotopic (exact) mass is 450 g/mol. The summed E-state index contributed by atoms with van der Waals surface area (Å²) in [6.07, 6.45) is 1.58. The van der Waals surface area contributed by atoms with Gasteiger partial charge in [-0.1, -0.05) is 12.1 Å². The van der Waals surface area contributed by atoms with Crippen LogP contribution in [0.3, 0.4) is 0 Å². The van der Waals surface area contributed by atoms with Gasteiger partial charge in [-0.2, -0.15) is 0 Å². The third-order valence-corrected chi connectivity index (χ3v) is 5.80. The highest BCUT2D eigenvalue weighted by Gasteiger charge is 2.15. The van der Waals surface area contributed by atoms with Crippen LogP contribution in [0.15, 0.2) is 35.7 Å². The number of ether oxygens (including phenoxy) is 4. The van der Waals surface area contributed by atoms with Gasteiger partial charge < -0.3 is 24.1 Å². The molecule has 0 aliphatic carbocycles. The largest absolute Gasteiger partial charge is 0.496 e. The number of carboxylic acid groups (broad SMARTS) is 1. The van der Waals surface area contributed by atoms with Crippen molar-refractivity contribution in [2.24, 2.45) is 0 Å². The van der Waals surface area contributed by atoms with Crippen LogP contribution >= 0.6 is 0 Å². The molecule has 0 amide bonds. The van der Waals surface area contributed by atoms with Gasteiger partial charge in [-0.05, 0) is 29.7 Å². The number of carbonyl (C=O) groups is 1. The Hall–Kier alpha value is -3.20. The van der Waals surface area contributed by atoms with E-state index in [0.29, 0.717) is 39.7 Å². The van der Waals surface area contributed by atoms with E-state index in [1.54, 1.807) is 30.3 Å². The summed E-state index contributed by atoms with van der Waals surface area (Å²) in [5.74, 6) is 0.650. The molecular formula is C22H26O8S. The van der Waals surface area contributed by atoms with Gasteiger partial charge in [-0.15, -0.1) is 0 Å². The van der Waals surface area contributed by atoms with Crippen molar-refractivity contribution in [2.45, 2.75) is 18.6 Å². The van der Waals surface area contributed by atoms with E-state index in [0.717, 1.165) is 5.41 Å². The molecule has 31 heavy (non-hydrogen) atoms. The van der Waals surface area contributed by atoms with Crippen molar-refractivity contribution in [3.63, 3.8) is 0 Å². The second-order valence-electron chi connectivity index (χ2n) is 6.60. The van der Waals surface area contributed by atoms with Gasteiger partial charge in [0.25, 0.3) is 0 Å². The summed E-state index contributed by atoms with van der Waals surface area (Å²) in [7, 11) is 2.28. The Kier molecular flexibility index (Phi) is 8.32. The van der Waals surface area contributed by atoms with E-state index >= 15 is 0 Å². The summed E-state index contributed by atoms with van der Waals surface area (Å²) >= 11 is 0. The summed E-state index contributed by atoms with van der Waals surface area (Å²) in [5, 5.41) is 10.0. The summed E-state index contributed by atoms with van der Waals surface area (Å²) in [6.45, 7) is 0. The van der Waals surface area contributed by atoms with Gasteiger partial charge in [-0.25, -0.2) is 8.42 Å². The molecule has 0 radical (unpaired) electrons. The Balaban J connectivity index is 2.31. The highest BCUT2D eigenvalue weighted by molar-refractivity contribution is 7.93. The lowest BCUT2D eigenvalue weighted by Crippen LogP contribution is -2.04. The Morgan fingerprint density at radius 1 is 0.935 bits per heavy atom. The number of carboxylic acids is 1. The van der Waals surface area contributed by atoms with Crippen LogP contribution in [0.1, 0.15) is 23.1 Å². The highest BCUT2D eigenvalue weighted by atomic mass is 32.2. The molecule has 0 spiro atoms. The molecule has 0 heterocycles. The zero-order valence-electron chi connectivity index (χ0n) is 17.9. The second-order valence-corrected chi connectivity index (χ2v) is 8.48. The molecule has 0 atom stereocenters. The van der Waals surface area contributed by atoms with Gasteiger partial charge in [0.05, 0.1) is 39.8 Å². The second kappa shape index (κ2) is 10.7. The molecule has 0 fully saturated rings. The van der Waals surface area contributed by atoms with Crippen LogP contribution in [0.4, 0.5) is 0 Å². The molecule has 2 rings (SSSR count). The first-order valence-electron chi connectivity index (χ1n) is 9.31. The van der Waals surface area contributed by atoms with E-state index in [4.69, 9.17) is 24.1 Å².